The number of ether oxygens (including phenoxy) is 1. The Balaban J connectivity index is 1.46. The molecule has 0 fully saturated rings. The average molecular weight is 373 g/mol. The van der Waals surface area contributed by atoms with Crippen molar-refractivity contribution >= 4 is 32.9 Å². The highest BCUT2D eigenvalue weighted by molar-refractivity contribution is 7.17. The van der Waals surface area contributed by atoms with Crippen LogP contribution >= 0.6 is 22.7 Å². The maximum atomic E-state index is 12.9. The molecule has 25 heavy (non-hydrogen) atoms. The molecule has 5 nitrogen and oxygen atoms in total. The van der Waals surface area contributed by atoms with Gasteiger partial charge in [-0.15, -0.1) is 22.7 Å². The Hall–Kier alpha value is -2.58. The lowest BCUT2D eigenvalue weighted by Crippen LogP contribution is -2.20. The molecule has 0 bridgehead atoms. The van der Waals surface area contributed by atoms with Crippen LogP contribution in [0.15, 0.2) is 52.2 Å². The van der Waals surface area contributed by atoms with Crippen LogP contribution < -0.4 is 10.3 Å². The molecule has 8 heteroatoms. The van der Waals surface area contributed by atoms with Crippen LogP contribution in [0, 0.1) is 5.82 Å². The molecule has 0 atom stereocenters. The van der Waals surface area contributed by atoms with Gasteiger partial charge in [-0.05, 0) is 35.7 Å². The van der Waals surface area contributed by atoms with Crippen LogP contribution in [0.25, 0.3) is 10.2 Å². The van der Waals surface area contributed by atoms with E-state index in [4.69, 9.17) is 4.74 Å². The Morgan fingerprint density at radius 1 is 1.16 bits per heavy atom. The van der Waals surface area contributed by atoms with E-state index < -0.39 is 0 Å². The predicted molar refractivity (Wildman–Crippen MR) is 95.8 cm³/mol. The summed E-state index contributed by atoms with van der Waals surface area (Å²) in [6.45, 7) is 0.667. The number of rotatable bonds is 5. The molecule has 0 amide bonds. The zero-order valence-electron chi connectivity index (χ0n) is 12.9. The van der Waals surface area contributed by atoms with Gasteiger partial charge in [-0.3, -0.25) is 9.36 Å². The first-order valence-corrected chi connectivity index (χ1v) is 9.19. The molecule has 3 heterocycles. The highest BCUT2D eigenvalue weighted by atomic mass is 32.1. The molecule has 1 aromatic carbocycles. The molecule has 4 aromatic rings. The molecule has 3 aromatic heterocycles. The highest BCUT2D eigenvalue weighted by Crippen LogP contribution is 2.17. The number of thiophene rings is 1. The summed E-state index contributed by atoms with van der Waals surface area (Å²) in [6, 6.07) is 7.68. The highest BCUT2D eigenvalue weighted by Gasteiger charge is 2.08. The van der Waals surface area contributed by atoms with Gasteiger partial charge in [0, 0.05) is 5.38 Å². The van der Waals surface area contributed by atoms with Crippen molar-refractivity contribution in [2.24, 2.45) is 0 Å². The van der Waals surface area contributed by atoms with Crippen LogP contribution in [0.1, 0.15) is 10.7 Å². The topological polar surface area (TPSA) is 57.0 Å². The normalized spacial score (nSPS) is 11.1. The molecule has 0 N–H and O–H groups in total. The Labute approximate surface area is 150 Å². The van der Waals surface area contributed by atoms with Gasteiger partial charge in [0.15, 0.2) is 0 Å². The van der Waals surface area contributed by atoms with Gasteiger partial charge in [0.05, 0.1) is 24.1 Å². The molecule has 0 radical (unpaired) electrons. The SMILES string of the molecule is O=c1c2sccc2ncn1Cc1csc(COc2ccc(F)cc2)n1. The lowest BCUT2D eigenvalue weighted by molar-refractivity contribution is 0.305. The summed E-state index contributed by atoms with van der Waals surface area (Å²) >= 11 is 2.85. The van der Waals surface area contributed by atoms with E-state index in [1.54, 1.807) is 23.0 Å². The molecule has 0 spiro atoms. The van der Waals surface area contributed by atoms with Gasteiger partial charge in [-0.25, -0.2) is 14.4 Å². The summed E-state index contributed by atoms with van der Waals surface area (Å²) in [7, 11) is 0. The number of halogens is 1. The maximum Gasteiger partial charge on any atom is 0.271 e. The summed E-state index contributed by atoms with van der Waals surface area (Å²) in [5.41, 5.74) is 1.44. The predicted octanol–water partition coefficient (Wildman–Crippen LogP) is 3.68. The van der Waals surface area contributed by atoms with E-state index in [2.05, 4.69) is 9.97 Å². The third kappa shape index (κ3) is 3.45. The number of nitrogens with zero attached hydrogens (tertiary/aromatic N) is 3. The van der Waals surface area contributed by atoms with Crippen molar-refractivity contribution in [3.05, 3.63) is 74.3 Å². The maximum absolute atomic E-state index is 12.9. The van der Waals surface area contributed by atoms with Gasteiger partial charge in [-0.1, -0.05) is 0 Å². The summed E-state index contributed by atoms with van der Waals surface area (Å²) in [5.74, 6) is 0.285. The van der Waals surface area contributed by atoms with E-state index in [1.807, 2.05) is 16.8 Å². The Morgan fingerprint density at radius 3 is 2.84 bits per heavy atom. The first-order valence-electron chi connectivity index (χ1n) is 7.43. The van der Waals surface area contributed by atoms with E-state index in [1.165, 1.54) is 34.8 Å². The number of hydrogen-bond acceptors (Lipinski definition) is 6. The lowest BCUT2D eigenvalue weighted by Gasteiger charge is -2.04. The van der Waals surface area contributed by atoms with Crippen LogP contribution in [0.2, 0.25) is 0 Å². The smallest absolute Gasteiger partial charge is 0.271 e. The molecule has 126 valence electrons. The molecule has 0 aliphatic rings. The number of benzene rings is 1. The van der Waals surface area contributed by atoms with Gasteiger partial charge < -0.3 is 4.74 Å². The Morgan fingerprint density at radius 2 is 2.00 bits per heavy atom. The minimum absolute atomic E-state index is 0.0582. The number of hydrogen-bond donors (Lipinski definition) is 0. The van der Waals surface area contributed by atoms with Crippen LogP contribution in [0.4, 0.5) is 4.39 Å². The second-order valence-electron chi connectivity index (χ2n) is 5.29. The molecule has 0 aliphatic carbocycles. The van der Waals surface area contributed by atoms with Gasteiger partial charge >= 0.3 is 0 Å². The Bertz CT molecular complexity index is 1070. The van der Waals surface area contributed by atoms with Crippen molar-refractivity contribution in [1.29, 1.82) is 0 Å². The number of fused-ring (bicyclic) bond motifs is 1. The third-order valence-electron chi connectivity index (χ3n) is 3.54. The van der Waals surface area contributed by atoms with Crippen LogP contribution in [0.5, 0.6) is 5.75 Å². The van der Waals surface area contributed by atoms with Gasteiger partial charge in [0.1, 0.15) is 27.9 Å². The van der Waals surface area contributed by atoms with Crippen LogP contribution in [-0.4, -0.2) is 14.5 Å². The molecule has 0 unspecified atom stereocenters. The Kier molecular flexibility index (Phi) is 4.29. The van der Waals surface area contributed by atoms with Crippen molar-refractivity contribution in [2.75, 3.05) is 0 Å². The van der Waals surface area contributed by atoms with Crippen LogP contribution in [0.3, 0.4) is 0 Å². The quantitative estimate of drug-likeness (QED) is 0.535. The molecule has 4 rings (SSSR count). The van der Waals surface area contributed by atoms with Crippen molar-refractivity contribution in [3.63, 3.8) is 0 Å². The van der Waals surface area contributed by atoms with Crippen molar-refractivity contribution < 1.29 is 9.13 Å². The van der Waals surface area contributed by atoms with E-state index >= 15 is 0 Å². The molecule has 0 aliphatic heterocycles. The first-order chi connectivity index (χ1) is 12.2. The average Bonchev–Trinajstić information content (AvgIpc) is 3.26. The van der Waals surface area contributed by atoms with Crippen LogP contribution in [-0.2, 0) is 13.2 Å². The second-order valence-corrected chi connectivity index (χ2v) is 7.15. The standard InChI is InChI=1S/C17H12FN3O2S2/c18-11-1-3-13(4-2-11)23-8-15-20-12(9-25-15)7-21-10-19-14-5-6-24-16(14)17(21)22/h1-6,9-10H,7-8H2. The third-order valence-corrected chi connectivity index (χ3v) is 5.31. The van der Waals surface area contributed by atoms with Gasteiger partial charge in [0.2, 0.25) is 0 Å². The summed E-state index contributed by atoms with van der Waals surface area (Å²) in [6.07, 6.45) is 1.55. The summed E-state index contributed by atoms with van der Waals surface area (Å²) < 4.78 is 20.7. The van der Waals surface area contributed by atoms with E-state index in [0.717, 1.165) is 16.2 Å². The summed E-state index contributed by atoms with van der Waals surface area (Å²) in [5, 5.41) is 4.54. The molecule has 0 saturated carbocycles. The largest absolute Gasteiger partial charge is 0.486 e. The van der Waals surface area contributed by atoms with Gasteiger partial charge in [0.25, 0.3) is 5.56 Å². The van der Waals surface area contributed by atoms with E-state index in [-0.39, 0.29) is 11.4 Å². The van der Waals surface area contributed by atoms with Crippen molar-refractivity contribution in [1.82, 2.24) is 14.5 Å². The zero-order valence-corrected chi connectivity index (χ0v) is 14.5. The second kappa shape index (κ2) is 6.73. The van der Waals surface area contributed by atoms with E-state index in [0.29, 0.717) is 23.6 Å². The first kappa shape index (κ1) is 15.9. The monoisotopic (exact) mass is 373 g/mol. The molecular formula is C17H12FN3O2S2. The number of thiazole rings is 1. The fourth-order valence-electron chi connectivity index (χ4n) is 2.33. The van der Waals surface area contributed by atoms with Crippen molar-refractivity contribution in [3.8, 4) is 5.75 Å². The minimum Gasteiger partial charge on any atom is -0.486 e. The fourth-order valence-corrected chi connectivity index (χ4v) is 3.82. The summed E-state index contributed by atoms with van der Waals surface area (Å²) in [4.78, 5) is 21.2. The van der Waals surface area contributed by atoms with Gasteiger partial charge in [-0.2, -0.15) is 0 Å². The number of aromatic nitrogens is 3. The minimum atomic E-state index is -0.300. The zero-order chi connectivity index (χ0) is 17.2. The lowest BCUT2D eigenvalue weighted by atomic mass is 10.3. The molecule has 0 saturated heterocycles. The fraction of sp³-hybridized carbons (Fsp3) is 0.118. The van der Waals surface area contributed by atoms with E-state index in [9.17, 15) is 9.18 Å². The van der Waals surface area contributed by atoms with Crippen molar-refractivity contribution in [2.45, 2.75) is 13.2 Å². The molecular weight excluding hydrogens is 361 g/mol.